The van der Waals surface area contributed by atoms with Crippen LogP contribution in [0.4, 0.5) is 0 Å². The van der Waals surface area contributed by atoms with Gasteiger partial charge in [-0.25, -0.2) is 0 Å². The van der Waals surface area contributed by atoms with Crippen LogP contribution in [-0.2, 0) is 11.3 Å². The molecule has 0 bridgehead atoms. The van der Waals surface area contributed by atoms with E-state index in [0.717, 1.165) is 18.5 Å². The molecular formula is C17H25NO2. The number of allylic oxidation sites excluding steroid dienone is 1. The number of hydrogen-bond acceptors (Lipinski definition) is 3. The molecule has 1 atom stereocenters. The number of benzene rings is 1. The largest absolute Gasteiger partial charge is 0.389 e. The Bertz CT molecular complexity index is 403. The maximum absolute atomic E-state index is 9.82. The highest BCUT2D eigenvalue weighted by atomic mass is 16.5. The van der Waals surface area contributed by atoms with Crippen molar-refractivity contribution < 1.29 is 9.84 Å². The van der Waals surface area contributed by atoms with E-state index in [1.807, 2.05) is 30.3 Å². The third-order valence-electron chi connectivity index (χ3n) is 3.56. The molecule has 2 N–H and O–H groups in total. The van der Waals surface area contributed by atoms with Gasteiger partial charge in [-0.05, 0) is 37.8 Å². The van der Waals surface area contributed by atoms with E-state index in [9.17, 15) is 5.11 Å². The molecule has 0 amide bonds. The van der Waals surface area contributed by atoms with Gasteiger partial charge in [0.2, 0.25) is 0 Å². The van der Waals surface area contributed by atoms with Crippen LogP contribution in [0.1, 0.15) is 31.2 Å². The van der Waals surface area contributed by atoms with Crippen molar-refractivity contribution in [1.29, 1.82) is 0 Å². The van der Waals surface area contributed by atoms with Crippen molar-refractivity contribution in [3.63, 3.8) is 0 Å². The molecule has 0 aliphatic heterocycles. The Morgan fingerprint density at radius 1 is 1.25 bits per heavy atom. The molecule has 0 spiro atoms. The van der Waals surface area contributed by atoms with Crippen LogP contribution in [0.2, 0.25) is 0 Å². The third-order valence-corrected chi connectivity index (χ3v) is 3.56. The fraction of sp³-hybridized carbons (Fsp3) is 0.529. The SMILES string of the molecule is OC(CNCCC1=CCCC1)COCc1ccccc1. The number of aliphatic hydroxyl groups excluding tert-OH is 1. The first kappa shape index (κ1) is 15.2. The highest BCUT2D eigenvalue weighted by Gasteiger charge is 2.06. The Balaban J connectivity index is 1.48. The number of ether oxygens (including phenoxy) is 1. The number of aliphatic hydroxyl groups is 1. The molecule has 110 valence electrons. The lowest BCUT2D eigenvalue weighted by Crippen LogP contribution is -2.31. The summed E-state index contributed by atoms with van der Waals surface area (Å²) in [4.78, 5) is 0. The normalized spacial score (nSPS) is 16.1. The summed E-state index contributed by atoms with van der Waals surface area (Å²) in [6.45, 7) is 2.49. The Hall–Kier alpha value is -1.16. The first-order valence-corrected chi connectivity index (χ1v) is 7.53. The molecule has 1 aliphatic rings. The summed E-state index contributed by atoms with van der Waals surface area (Å²) in [5, 5.41) is 13.1. The van der Waals surface area contributed by atoms with Gasteiger partial charge >= 0.3 is 0 Å². The molecule has 1 unspecified atom stereocenters. The van der Waals surface area contributed by atoms with Gasteiger partial charge in [-0.3, -0.25) is 0 Å². The maximum Gasteiger partial charge on any atom is 0.0897 e. The molecule has 0 saturated heterocycles. The minimum Gasteiger partial charge on any atom is -0.389 e. The second kappa shape index (κ2) is 8.90. The van der Waals surface area contributed by atoms with Gasteiger partial charge in [-0.1, -0.05) is 42.0 Å². The molecule has 1 aromatic rings. The summed E-state index contributed by atoms with van der Waals surface area (Å²) in [6.07, 6.45) is 6.83. The molecule has 0 heterocycles. The number of hydrogen-bond donors (Lipinski definition) is 2. The quantitative estimate of drug-likeness (QED) is 0.538. The van der Waals surface area contributed by atoms with E-state index in [4.69, 9.17) is 4.74 Å². The van der Waals surface area contributed by atoms with E-state index in [-0.39, 0.29) is 0 Å². The van der Waals surface area contributed by atoms with Crippen LogP contribution >= 0.6 is 0 Å². The van der Waals surface area contributed by atoms with Crippen molar-refractivity contribution in [2.45, 2.75) is 38.4 Å². The summed E-state index contributed by atoms with van der Waals surface area (Å²) in [5.74, 6) is 0. The van der Waals surface area contributed by atoms with Crippen LogP contribution in [0, 0.1) is 0 Å². The molecule has 0 radical (unpaired) electrons. The average Bonchev–Trinajstić information content (AvgIpc) is 2.98. The molecule has 1 aliphatic carbocycles. The predicted molar refractivity (Wildman–Crippen MR) is 81.5 cm³/mol. The van der Waals surface area contributed by atoms with Crippen molar-refractivity contribution in [3.8, 4) is 0 Å². The first-order chi connectivity index (χ1) is 9.84. The molecule has 0 saturated carbocycles. The minimum absolute atomic E-state index is 0.380. The van der Waals surface area contributed by atoms with Crippen LogP contribution < -0.4 is 5.32 Å². The van der Waals surface area contributed by atoms with Gasteiger partial charge < -0.3 is 15.2 Å². The Kier molecular flexibility index (Phi) is 6.78. The van der Waals surface area contributed by atoms with Crippen molar-refractivity contribution in [3.05, 3.63) is 47.5 Å². The highest BCUT2D eigenvalue weighted by molar-refractivity contribution is 5.13. The minimum atomic E-state index is -0.434. The summed E-state index contributed by atoms with van der Waals surface area (Å²) in [6, 6.07) is 10.0. The van der Waals surface area contributed by atoms with Crippen LogP contribution in [0.15, 0.2) is 42.0 Å². The zero-order chi connectivity index (χ0) is 14.0. The highest BCUT2D eigenvalue weighted by Crippen LogP contribution is 2.19. The van der Waals surface area contributed by atoms with E-state index in [1.54, 1.807) is 5.57 Å². The van der Waals surface area contributed by atoms with Crippen molar-refractivity contribution in [2.24, 2.45) is 0 Å². The maximum atomic E-state index is 9.82. The topological polar surface area (TPSA) is 41.5 Å². The van der Waals surface area contributed by atoms with Crippen molar-refractivity contribution >= 4 is 0 Å². The molecule has 0 fully saturated rings. The summed E-state index contributed by atoms with van der Waals surface area (Å²) in [7, 11) is 0. The lowest BCUT2D eigenvalue weighted by molar-refractivity contribution is 0.0290. The van der Waals surface area contributed by atoms with Gasteiger partial charge in [-0.2, -0.15) is 0 Å². The molecule has 2 rings (SSSR count). The van der Waals surface area contributed by atoms with E-state index in [0.29, 0.717) is 19.8 Å². The second-order valence-corrected chi connectivity index (χ2v) is 5.36. The van der Waals surface area contributed by atoms with Crippen LogP contribution in [0.3, 0.4) is 0 Å². The molecule has 0 aromatic heterocycles. The molecule has 3 heteroatoms. The van der Waals surface area contributed by atoms with Gasteiger partial charge in [0.15, 0.2) is 0 Å². The van der Waals surface area contributed by atoms with Gasteiger partial charge in [-0.15, -0.1) is 0 Å². The third kappa shape index (κ3) is 5.87. The summed E-state index contributed by atoms with van der Waals surface area (Å²) >= 11 is 0. The number of nitrogens with one attached hydrogen (secondary N) is 1. The van der Waals surface area contributed by atoms with E-state index >= 15 is 0 Å². The predicted octanol–water partition coefficient (Wildman–Crippen LogP) is 2.65. The van der Waals surface area contributed by atoms with E-state index in [2.05, 4.69) is 11.4 Å². The lowest BCUT2D eigenvalue weighted by atomic mass is 10.2. The van der Waals surface area contributed by atoms with Crippen molar-refractivity contribution in [1.82, 2.24) is 5.32 Å². The first-order valence-electron chi connectivity index (χ1n) is 7.53. The monoisotopic (exact) mass is 275 g/mol. The molecule has 3 nitrogen and oxygen atoms in total. The second-order valence-electron chi connectivity index (χ2n) is 5.36. The smallest absolute Gasteiger partial charge is 0.0897 e. The molecular weight excluding hydrogens is 250 g/mol. The standard InChI is InChI=1S/C17H25NO2/c19-17(12-18-11-10-15-6-4-5-7-15)14-20-13-16-8-2-1-3-9-16/h1-3,6,8-9,17-19H,4-5,7,10-14H2. The lowest BCUT2D eigenvalue weighted by Gasteiger charge is -2.12. The van der Waals surface area contributed by atoms with Gasteiger partial charge in [0, 0.05) is 6.54 Å². The van der Waals surface area contributed by atoms with Crippen LogP contribution in [0.25, 0.3) is 0 Å². The Morgan fingerprint density at radius 2 is 2.10 bits per heavy atom. The van der Waals surface area contributed by atoms with E-state index < -0.39 is 6.10 Å². The van der Waals surface area contributed by atoms with E-state index in [1.165, 1.54) is 19.3 Å². The van der Waals surface area contributed by atoms with Gasteiger partial charge in [0.1, 0.15) is 0 Å². The Morgan fingerprint density at radius 3 is 2.85 bits per heavy atom. The zero-order valence-electron chi connectivity index (χ0n) is 12.1. The van der Waals surface area contributed by atoms with Crippen LogP contribution in [0.5, 0.6) is 0 Å². The molecule has 20 heavy (non-hydrogen) atoms. The fourth-order valence-corrected chi connectivity index (χ4v) is 2.43. The number of rotatable bonds is 9. The summed E-state index contributed by atoms with van der Waals surface area (Å²) < 4.78 is 5.51. The van der Waals surface area contributed by atoms with Gasteiger partial charge in [0.05, 0.1) is 19.3 Å². The van der Waals surface area contributed by atoms with Crippen molar-refractivity contribution in [2.75, 3.05) is 19.7 Å². The van der Waals surface area contributed by atoms with Crippen LogP contribution in [-0.4, -0.2) is 30.9 Å². The summed E-state index contributed by atoms with van der Waals surface area (Å²) in [5.41, 5.74) is 2.70. The fourth-order valence-electron chi connectivity index (χ4n) is 2.43. The van der Waals surface area contributed by atoms with Gasteiger partial charge in [0.25, 0.3) is 0 Å². The average molecular weight is 275 g/mol. The molecule has 1 aromatic carbocycles. The Labute approximate surface area is 121 Å². The zero-order valence-corrected chi connectivity index (χ0v) is 12.1.